The van der Waals surface area contributed by atoms with Crippen LogP contribution in [0.1, 0.15) is 31.7 Å². The van der Waals surface area contributed by atoms with Crippen LogP contribution in [0.2, 0.25) is 0 Å². The average molecular weight is 397 g/mol. The Balaban J connectivity index is 2.36. The molecule has 2 rings (SSSR count). The van der Waals surface area contributed by atoms with Crippen molar-refractivity contribution < 1.29 is 4.74 Å². The number of anilines is 1. The molecule has 1 aromatic carbocycles. The van der Waals surface area contributed by atoms with Crippen LogP contribution >= 0.6 is 22.6 Å². The maximum absolute atomic E-state index is 5.97. The molecule has 0 fully saturated rings. The van der Waals surface area contributed by atoms with Crippen LogP contribution < -0.4 is 10.1 Å². The highest BCUT2D eigenvalue weighted by Crippen LogP contribution is 2.28. The Morgan fingerprint density at radius 3 is 2.71 bits per heavy atom. The van der Waals surface area contributed by atoms with E-state index < -0.39 is 0 Å². The lowest BCUT2D eigenvalue weighted by Crippen LogP contribution is -2.08. The predicted octanol–water partition coefficient (Wildman–Crippen LogP) is 4.57. The molecule has 1 aromatic heterocycles. The average Bonchev–Trinajstić information content (AvgIpc) is 2.44. The molecule has 0 bridgehead atoms. The smallest absolute Gasteiger partial charge is 0.227 e. The van der Waals surface area contributed by atoms with Crippen molar-refractivity contribution >= 4 is 28.4 Å². The van der Waals surface area contributed by atoms with E-state index in [-0.39, 0.29) is 0 Å². The van der Waals surface area contributed by atoms with E-state index in [1.165, 1.54) is 0 Å². The van der Waals surface area contributed by atoms with Gasteiger partial charge < -0.3 is 10.1 Å². The lowest BCUT2D eigenvalue weighted by molar-refractivity contribution is 0.454. The molecule has 0 saturated carbocycles. The molecule has 0 aliphatic heterocycles. The molecular formula is C16H20IN3O. The van der Waals surface area contributed by atoms with Crippen molar-refractivity contribution in [2.75, 3.05) is 11.9 Å². The first-order valence-corrected chi connectivity index (χ1v) is 8.26. The summed E-state index contributed by atoms with van der Waals surface area (Å²) in [5.74, 6) is 3.11. The number of nitrogens with zero attached hydrogens (tertiary/aromatic N) is 2. The molecule has 4 nitrogen and oxygen atoms in total. The van der Waals surface area contributed by atoms with Crippen LogP contribution in [0.4, 0.5) is 5.82 Å². The van der Waals surface area contributed by atoms with Gasteiger partial charge in [-0.1, -0.05) is 13.0 Å². The zero-order valence-corrected chi connectivity index (χ0v) is 14.8. The van der Waals surface area contributed by atoms with E-state index in [1.807, 2.05) is 31.2 Å². The van der Waals surface area contributed by atoms with Crippen LogP contribution in [0.3, 0.4) is 0 Å². The highest BCUT2D eigenvalue weighted by Gasteiger charge is 2.12. The van der Waals surface area contributed by atoms with E-state index >= 15 is 0 Å². The number of ether oxygens (including phenoxy) is 1. The standard InChI is InChI=1S/C16H20IN3O/c1-4-7-14-19-15(18-5-2)11(3)16(20-14)21-13-9-6-8-12(17)10-13/h6,8-10H,4-5,7H2,1-3H3,(H,18,19,20). The number of hydrogen-bond donors (Lipinski definition) is 1. The number of hydrogen-bond acceptors (Lipinski definition) is 4. The van der Waals surface area contributed by atoms with Gasteiger partial charge in [0.25, 0.3) is 0 Å². The normalized spacial score (nSPS) is 10.5. The van der Waals surface area contributed by atoms with Crippen molar-refractivity contribution in [3.05, 3.63) is 39.2 Å². The van der Waals surface area contributed by atoms with Crippen molar-refractivity contribution in [1.82, 2.24) is 9.97 Å². The molecule has 2 aromatic rings. The van der Waals surface area contributed by atoms with Crippen LogP contribution in [0.15, 0.2) is 24.3 Å². The molecule has 0 atom stereocenters. The van der Waals surface area contributed by atoms with Gasteiger partial charge in [-0.05, 0) is 61.1 Å². The molecule has 0 amide bonds. The maximum Gasteiger partial charge on any atom is 0.227 e. The van der Waals surface area contributed by atoms with Gasteiger partial charge in [0.05, 0.1) is 5.56 Å². The minimum atomic E-state index is 0.631. The van der Waals surface area contributed by atoms with Gasteiger partial charge in [0, 0.05) is 16.5 Å². The Labute approximate surface area is 139 Å². The number of nitrogens with one attached hydrogen (secondary N) is 1. The maximum atomic E-state index is 5.97. The topological polar surface area (TPSA) is 47.0 Å². The molecule has 1 N–H and O–H groups in total. The monoisotopic (exact) mass is 397 g/mol. The molecule has 0 aliphatic rings. The summed E-state index contributed by atoms with van der Waals surface area (Å²) >= 11 is 2.27. The van der Waals surface area contributed by atoms with Gasteiger partial charge >= 0.3 is 0 Å². The van der Waals surface area contributed by atoms with Gasteiger partial charge in [0.15, 0.2) is 0 Å². The van der Waals surface area contributed by atoms with Gasteiger partial charge in [0.1, 0.15) is 17.4 Å². The number of halogens is 1. The number of aryl methyl sites for hydroxylation is 1. The van der Waals surface area contributed by atoms with Crippen LogP contribution in [0.25, 0.3) is 0 Å². The molecule has 0 aliphatic carbocycles. The van der Waals surface area contributed by atoms with Crippen molar-refractivity contribution in [3.8, 4) is 11.6 Å². The molecule has 0 saturated heterocycles. The molecule has 0 spiro atoms. The highest BCUT2D eigenvalue weighted by atomic mass is 127. The summed E-state index contributed by atoms with van der Waals surface area (Å²) in [6.07, 6.45) is 1.86. The third kappa shape index (κ3) is 4.30. The van der Waals surface area contributed by atoms with Crippen molar-refractivity contribution in [2.24, 2.45) is 0 Å². The first kappa shape index (κ1) is 16.0. The van der Waals surface area contributed by atoms with Crippen molar-refractivity contribution in [2.45, 2.75) is 33.6 Å². The van der Waals surface area contributed by atoms with E-state index in [0.29, 0.717) is 5.88 Å². The van der Waals surface area contributed by atoms with Crippen LogP contribution in [0.5, 0.6) is 11.6 Å². The Kier molecular flexibility index (Phi) is 5.78. The van der Waals surface area contributed by atoms with E-state index in [4.69, 9.17) is 4.74 Å². The second-order valence-corrected chi connectivity index (χ2v) is 6.00. The van der Waals surface area contributed by atoms with E-state index in [9.17, 15) is 0 Å². The molecule has 1 heterocycles. The molecule has 112 valence electrons. The Morgan fingerprint density at radius 2 is 2.05 bits per heavy atom. The summed E-state index contributed by atoms with van der Waals surface area (Å²) < 4.78 is 7.10. The van der Waals surface area contributed by atoms with Gasteiger partial charge in [-0.25, -0.2) is 4.98 Å². The van der Waals surface area contributed by atoms with Crippen molar-refractivity contribution in [3.63, 3.8) is 0 Å². The second-order valence-electron chi connectivity index (χ2n) is 4.76. The Morgan fingerprint density at radius 1 is 1.24 bits per heavy atom. The van der Waals surface area contributed by atoms with E-state index in [0.717, 1.165) is 45.9 Å². The lowest BCUT2D eigenvalue weighted by atomic mass is 10.2. The van der Waals surface area contributed by atoms with Gasteiger partial charge in [-0.15, -0.1) is 0 Å². The summed E-state index contributed by atoms with van der Waals surface area (Å²) in [5.41, 5.74) is 0.940. The number of rotatable bonds is 6. The van der Waals surface area contributed by atoms with Crippen LogP contribution in [0, 0.1) is 10.5 Å². The zero-order valence-electron chi connectivity index (χ0n) is 12.6. The molecule has 21 heavy (non-hydrogen) atoms. The predicted molar refractivity (Wildman–Crippen MR) is 94.2 cm³/mol. The first-order valence-electron chi connectivity index (χ1n) is 7.18. The minimum Gasteiger partial charge on any atom is -0.439 e. The fraction of sp³-hybridized carbons (Fsp3) is 0.375. The molecule has 5 heteroatoms. The summed E-state index contributed by atoms with van der Waals surface area (Å²) in [6, 6.07) is 7.95. The number of benzene rings is 1. The first-order chi connectivity index (χ1) is 10.1. The molecule has 0 radical (unpaired) electrons. The molecular weight excluding hydrogens is 377 g/mol. The third-order valence-corrected chi connectivity index (χ3v) is 3.65. The third-order valence-electron chi connectivity index (χ3n) is 2.98. The summed E-state index contributed by atoms with van der Waals surface area (Å²) in [4.78, 5) is 9.12. The summed E-state index contributed by atoms with van der Waals surface area (Å²) in [5, 5.41) is 3.28. The van der Waals surface area contributed by atoms with Gasteiger partial charge in [0.2, 0.25) is 5.88 Å². The number of aromatic nitrogens is 2. The quantitative estimate of drug-likeness (QED) is 0.726. The lowest BCUT2D eigenvalue weighted by Gasteiger charge is -2.13. The summed E-state index contributed by atoms with van der Waals surface area (Å²) in [7, 11) is 0. The van der Waals surface area contributed by atoms with Crippen LogP contribution in [-0.2, 0) is 6.42 Å². The van der Waals surface area contributed by atoms with E-state index in [2.05, 4.69) is 51.7 Å². The zero-order chi connectivity index (χ0) is 15.2. The summed E-state index contributed by atoms with van der Waals surface area (Å²) in [6.45, 7) is 6.99. The van der Waals surface area contributed by atoms with Crippen LogP contribution in [-0.4, -0.2) is 16.5 Å². The SMILES string of the molecule is CCCc1nc(NCC)c(C)c(Oc2cccc(I)c2)n1. The highest BCUT2D eigenvalue weighted by molar-refractivity contribution is 14.1. The fourth-order valence-corrected chi connectivity index (χ4v) is 2.47. The minimum absolute atomic E-state index is 0.631. The van der Waals surface area contributed by atoms with Gasteiger partial charge in [-0.3, -0.25) is 0 Å². The van der Waals surface area contributed by atoms with Gasteiger partial charge in [-0.2, -0.15) is 4.98 Å². The Hall–Kier alpha value is -1.37. The van der Waals surface area contributed by atoms with Crippen molar-refractivity contribution in [1.29, 1.82) is 0 Å². The largest absolute Gasteiger partial charge is 0.439 e. The Bertz CT molecular complexity index is 616. The second kappa shape index (κ2) is 7.59. The van der Waals surface area contributed by atoms with E-state index in [1.54, 1.807) is 0 Å². The molecule has 0 unspecified atom stereocenters. The fourth-order valence-electron chi connectivity index (χ4n) is 1.96.